The summed E-state index contributed by atoms with van der Waals surface area (Å²) in [6.45, 7) is 4.17. The van der Waals surface area contributed by atoms with Crippen LogP contribution in [0.1, 0.15) is 18.4 Å². The number of aromatic hydroxyl groups is 1. The van der Waals surface area contributed by atoms with Crippen molar-refractivity contribution in [2.24, 2.45) is 0 Å². The van der Waals surface area contributed by atoms with E-state index in [1.54, 1.807) is 6.07 Å². The standard InChI is InChI=1S/C21H24N4O/c1-14-9-10-19(26)18(12-14)20-16-7-3-4-8-17(16)21(24-23-20)22-15-6-5-11-25(2)13-15/h3-4,7-10,12,15,26H,5-6,11,13H2,1-2H3,(H,22,24). The van der Waals surface area contributed by atoms with Crippen molar-refractivity contribution in [2.75, 3.05) is 25.5 Å². The lowest BCUT2D eigenvalue weighted by Crippen LogP contribution is -2.40. The van der Waals surface area contributed by atoms with Crippen LogP contribution in [0.2, 0.25) is 0 Å². The van der Waals surface area contributed by atoms with E-state index in [1.807, 2.05) is 37.3 Å². The number of hydrogen-bond donors (Lipinski definition) is 2. The molecule has 5 nitrogen and oxygen atoms in total. The Kier molecular flexibility index (Phi) is 4.47. The molecule has 1 aromatic heterocycles. The van der Waals surface area contributed by atoms with Gasteiger partial charge in [0.15, 0.2) is 5.82 Å². The van der Waals surface area contributed by atoms with Crippen molar-refractivity contribution in [3.63, 3.8) is 0 Å². The van der Waals surface area contributed by atoms with E-state index >= 15 is 0 Å². The molecule has 134 valence electrons. The average Bonchev–Trinajstić information content (AvgIpc) is 2.64. The van der Waals surface area contributed by atoms with Gasteiger partial charge in [0, 0.05) is 28.9 Å². The van der Waals surface area contributed by atoms with Gasteiger partial charge in [-0.1, -0.05) is 35.9 Å². The molecule has 1 aliphatic heterocycles. The maximum atomic E-state index is 10.3. The maximum absolute atomic E-state index is 10.3. The number of aryl methyl sites for hydroxylation is 1. The van der Waals surface area contributed by atoms with Gasteiger partial charge >= 0.3 is 0 Å². The Morgan fingerprint density at radius 3 is 2.73 bits per heavy atom. The van der Waals surface area contributed by atoms with E-state index in [2.05, 4.69) is 33.5 Å². The van der Waals surface area contributed by atoms with Gasteiger partial charge in [0.2, 0.25) is 0 Å². The highest BCUT2D eigenvalue weighted by atomic mass is 16.3. The molecule has 0 bridgehead atoms. The summed E-state index contributed by atoms with van der Waals surface area (Å²) in [4.78, 5) is 2.34. The highest BCUT2D eigenvalue weighted by Crippen LogP contribution is 2.35. The Morgan fingerprint density at radius 2 is 1.92 bits per heavy atom. The molecular formula is C21H24N4O. The molecule has 0 spiro atoms. The maximum Gasteiger partial charge on any atom is 0.156 e. The fourth-order valence-electron chi connectivity index (χ4n) is 3.73. The van der Waals surface area contributed by atoms with Gasteiger partial charge in [-0.25, -0.2) is 0 Å². The number of anilines is 1. The van der Waals surface area contributed by atoms with Crippen molar-refractivity contribution >= 4 is 16.6 Å². The fraction of sp³-hybridized carbons (Fsp3) is 0.333. The van der Waals surface area contributed by atoms with E-state index in [-0.39, 0.29) is 5.75 Å². The quantitative estimate of drug-likeness (QED) is 0.753. The summed E-state index contributed by atoms with van der Waals surface area (Å²) in [5.74, 6) is 1.04. The first-order valence-electron chi connectivity index (χ1n) is 9.12. The van der Waals surface area contributed by atoms with Gasteiger partial charge in [-0.2, -0.15) is 0 Å². The molecule has 2 N–H and O–H groups in total. The molecule has 26 heavy (non-hydrogen) atoms. The lowest BCUT2D eigenvalue weighted by molar-refractivity contribution is 0.261. The highest BCUT2D eigenvalue weighted by Gasteiger charge is 2.20. The van der Waals surface area contributed by atoms with E-state index in [0.717, 1.165) is 47.2 Å². The van der Waals surface area contributed by atoms with E-state index in [9.17, 15) is 5.11 Å². The normalized spacial score (nSPS) is 18.2. The van der Waals surface area contributed by atoms with E-state index in [1.165, 1.54) is 6.42 Å². The topological polar surface area (TPSA) is 61.3 Å². The smallest absolute Gasteiger partial charge is 0.156 e. The molecule has 4 rings (SSSR count). The Bertz CT molecular complexity index is 940. The van der Waals surface area contributed by atoms with E-state index in [0.29, 0.717) is 11.7 Å². The number of aromatic nitrogens is 2. The molecule has 1 unspecified atom stereocenters. The van der Waals surface area contributed by atoms with Crippen molar-refractivity contribution in [1.29, 1.82) is 0 Å². The van der Waals surface area contributed by atoms with Crippen LogP contribution in [0.15, 0.2) is 42.5 Å². The summed E-state index contributed by atoms with van der Waals surface area (Å²) >= 11 is 0. The van der Waals surface area contributed by atoms with E-state index < -0.39 is 0 Å². The third-order valence-electron chi connectivity index (χ3n) is 5.06. The Labute approximate surface area is 153 Å². The largest absolute Gasteiger partial charge is 0.507 e. The first-order chi connectivity index (χ1) is 12.6. The summed E-state index contributed by atoms with van der Waals surface area (Å²) in [5, 5.41) is 24.9. The number of rotatable bonds is 3. The average molecular weight is 348 g/mol. The lowest BCUT2D eigenvalue weighted by atomic mass is 10.0. The molecule has 0 aliphatic carbocycles. The van der Waals surface area contributed by atoms with Crippen molar-refractivity contribution < 1.29 is 5.11 Å². The number of piperidine rings is 1. The monoisotopic (exact) mass is 348 g/mol. The third-order valence-corrected chi connectivity index (χ3v) is 5.06. The third kappa shape index (κ3) is 3.22. The SMILES string of the molecule is Cc1ccc(O)c(-c2nnc(NC3CCCN(C)C3)c3ccccc23)c1. The Balaban J connectivity index is 1.77. The van der Waals surface area contributed by atoms with Crippen LogP contribution in [0, 0.1) is 6.92 Å². The minimum absolute atomic E-state index is 0.227. The number of phenolic OH excluding ortho intramolecular Hbond substituents is 1. The Morgan fingerprint density at radius 1 is 1.12 bits per heavy atom. The first-order valence-corrected chi connectivity index (χ1v) is 9.12. The highest BCUT2D eigenvalue weighted by molar-refractivity contribution is 6.00. The van der Waals surface area contributed by atoms with Gasteiger partial charge in [-0.05, 0) is 45.5 Å². The summed E-state index contributed by atoms with van der Waals surface area (Å²) < 4.78 is 0. The molecule has 0 saturated carbocycles. The zero-order chi connectivity index (χ0) is 18.1. The molecule has 1 fully saturated rings. The minimum atomic E-state index is 0.227. The van der Waals surface area contributed by atoms with Crippen LogP contribution in [0.4, 0.5) is 5.82 Å². The summed E-state index contributed by atoms with van der Waals surface area (Å²) in [6.07, 6.45) is 2.33. The molecular weight excluding hydrogens is 324 g/mol. The molecule has 1 atom stereocenters. The lowest BCUT2D eigenvalue weighted by Gasteiger charge is -2.30. The Hall–Kier alpha value is -2.66. The molecule has 5 heteroatoms. The molecule has 2 aromatic carbocycles. The van der Waals surface area contributed by atoms with Crippen LogP contribution in [0.3, 0.4) is 0 Å². The van der Waals surface area contributed by atoms with Gasteiger partial charge in [-0.3, -0.25) is 0 Å². The predicted octanol–water partition coefficient (Wildman–Crippen LogP) is 3.82. The van der Waals surface area contributed by atoms with Gasteiger partial charge in [0.1, 0.15) is 11.4 Å². The number of likely N-dealkylation sites (N-methyl/N-ethyl adjacent to an activating group) is 1. The number of hydrogen-bond acceptors (Lipinski definition) is 5. The van der Waals surface area contributed by atoms with E-state index in [4.69, 9.17) is 0 Å². The second-order valence-corrected chi connectivity index (χ2v) is 7.21. The van der Waals surface area contributed by atoms with Crippen LogP contribution < -0.4 is 5.32 Å². The van der Waals surface area contributed by atoms with Gasteiger partial charge < -0.3 is 15.3 Å². The van der Waals surface area contributed by atoms with Crippen LogP contribution in [-0.2, 0) is 0 Å². The second kappa shape index (κ2) is 6.92. The minimum Gasteiger partial charge on any atom is -0.507 e. The molecule has 1 saturated heterocycles. The molecule has 0 amide bonds. The second-order valence-electron chi connectivity index (χ2n) is 7.21. The summed E-state index contributed by atoms with van der Waals surface area (Å²) in [7, 11) is 2.15. The number of likely N-dealkylation sites (tertiary alicyclic amines) is 1. The first kappa shape index (κ1) is 16.8. The summed E-state index contributed by atoms with van der Waals surface area (Å²) in [5.41, 5.74) is 2.52. The van der Waals surface area contributed by atoms with Crippen LogP contribution in [-0.4, -0.2) is 46.4 Å². The van der Waals surface area contributed by atoms with Crippen molar-refractivity contribution in [1.82, 2.24) is 15.1 Å². The van der Waals surface area contributed by atoms with Crippen LogP contribution >= 0.6 is 0 Å². The van der Waals surface area contributed by atoms with Crippen molar-refractivity contribution in [2.45, 2.75) is 25.8 Å². The number of phenols is 1. The number of nitrogens with one attached hydrogen (secondary N) is 1. The van der Waals surface area contributed by atoms with Gasteiger partial charge in [-0.15, -0.1) is 10.2 Å². The summed E-state index contributed by atoms with van der Waals surface area (Å²) in [6, 6.07) is 14.1. The van der Waals surface area contributed by atoms with Crippen LogP contribution in [0.25, 0.3) is 22.0 Å². The van der Waals surface area contributed by atoms with Crippen molar-refractivity contribution in [3.05, 3.63) is 48.0 Å². The van der Waals surface area contributed by atoms with Gasteiger partial charge in [0.25, 0.3) is 0 Å². The van der Waals surface area contributed by atoms with Gasteiger partial charge in [0.05, 0.1) is 0 Å². The fourth-order valence-corrected chi connectivity index (χ4v) is 3.73. The number of nitrogens with zero attached hydrogens (tertiary/aromatic N) is 3. The molecule has 0 radical (unpaired) electrons. The number of benzene rings is 2. The van der Waals surface area contributed by atoms with Crippen LogP contribution in [0.5, 0.6) is 5.75 Å². The molecule has 1 aliphatic rings. The zero-order valence-corrected chi connectivity index (χ0v) is 15.2. The molecule has 2 heterocycles. The number of fused-ring (bicyclic) bond motifs is 1. The predicted molar refractivity (Wildman–Crippen MR) is 106 cm³/mol. The zero-order valence-electron chi connectivity index (χ0n) is 15.2. The molecule has 3 aromatic rings. The van der Waals surface area contributed by atoms with Crippen molar-refractivity contribution in [3.8, 4) is 17.0 Å².